The number of esters is 1. The van der Waals surface area contributed by atoms with Crippen LogP contribution in [0.1, 0.15) is 20.8 Å². The summed E-state index contributed by atoms with van der Waals surface area (Å²) in [6.45, 7) is 2.36. The maximum Gasteiger partial charge on any atom is 0.303 e. The molecule has 0 saturated carbocycles. The summed E-state index contributed by atoms with van der Waals surface area (Å²) >= 11 is 0. The molecule has 25 nitrogen and oxygen atoms in total. The van der Waals surface area contributed by atoms with Gasteiger partial charge in [0.15, 0.2) is 24.4 Å². The Labute approximate surface area is 379 Å². The number of aliphatic hydroxyl groups excluding tert-OH is 11. The quantitative estimate of drug-likeness (QED) is 0.0723. The number of carbonyl (C=O) groups excluding carboxylic acids is 1. The summed E-state index contributed by atoms with van der Waals surface area (Å²) in [4.78, 5) is 26.8. The summed E-state index contributed by atoms with van der Waals surface area (Å²) in [7, 11) is 1.28. The second-order valence-electron chi connectivity index (χ2n) is 16.5. The average molecular weight is 959 g/mol. The lowest BCUT2D eigenvalue weighted by Gasteiger charge is -2.46. The molecular formula is C42H54O25. The van der Waals surface area contributed by atoms with Crippen LogP contribution in [0, 0.1) is 0 Å². The molecular weight excluding hydrogens is 904 g/mol. The van der Waals surface area contributed by atoms with E-state index in [2.05, 4.69) is 0 Å². The van der Waals surface area contributed by atoms with Gasteiger partial charge in [0.05, 0.1) is 32.5 Å². The molecule has 20 atom stereocenters. The maximum atomic E-state index is 14.7. The summed E-state index contributed by atoms with van der Waals surface area (Å²) in [5, 5.41) is 127. The lowest BCUT2D eigenvalue weighted by molar-refractivity contribution is -0.359. The number of rotatable bonds is 13. The third kappa shape index (κ3) is 10.2. The first-order valence-electron chi connectivity index (χ1n) is 21.0. The fourth-order valence-corrected chi connectivity index (χ4v) is 8.03. The number of hydrogen-bond donors (Lipinski definition) is 12. The first-order chi connectivity index (χ1) is 31.7. The van der Waals surface area contributed by atoms with E-state index in [4.69, 9.17) is 51.8 Å². The highest BCUT2D eigenvalue weighted by Gasteiger charge is 2.53. The van der Waals surface area contributed by atoms with E-state index >= 15 is 0 Å². The third-order valence-electron chi connectivity index (χ3n) is 11.8. The van der Waals surface area contributed by atoms with Gasteiger partial charge in [-0.05, 0) is 38.1 Å². The van der Waals surface area contributed by atoms with E-state index in [0.29, 0.717) is 0 Å². The molecule has 12 N–H and O–H groups in total. The molecule has 1 aromatic heterocycles. The molecule has 0 bridgehead atoms. The van der Waals surface area contributed by atoms with Crippen LogP contribution in [0.3, 0.4) is 0 Å². The largest absolute Gasteiger partial charge is 0.508 e. The van der Waals surface area contributed by atoms with Crippen LogP contribution < -0.4 is 19.6 Å². The molecule has 0 unspecified atom stereocenters. The van der Waals surface area contributed by atoms with Crippen molar-refractivity contribution < 1.29 is 118 Å². The van der Waals surface area contributed by atoms with Crippen molar-refractivity contribution in [3.8, 4) is 34.3 Å². The Bertz CT molecular complexity index is 2220. The number of aliphatic hydroxyl groups is 11. The van der Waals surface area contributed by atoms with E-state index in [9.17, 15) is 70.9 Å². The van der Waals surface area contributed by atoms with E-state index in [1.54, 1.807) is 0 Å². The van der Waals surface area contributed by atoms with Gasteiger partial charge in [-0.15, -0.1) is 0 Å². The fourth-order valence-electron chi connectivity index (χ4n) is 8.03. The summed E-state index contributed by atoms with van der Waals surface area (Å²) in [5.41, 5.74) is -1.15. The first kappa shape index (κ1) is 50.5. The Morgan fingerprint density at radius 2 is 1.24 bits per heavy atom. The number of ether oxygens (including phenoxy) is 10. The molecule has 0 aliphatic carbocycles. The van der Waals surface area contributed by atoms with Crippen LogP contribution >= 0.6 is 0 Å². The zero-order valence-electron chi connectivity index (χ0n) is 36.1. The van der Waals surface area contributed by atoms with Gasteiger partial charge in [-0.3, -0.25) is 9.59 Å². The minimum absolute atomic E-state index is 0.0425. The Morgan fingerprint density at radius 3 is 1.87 bits per heavy atom. The lowest BCUT2D eigenvalue weighted by atomic mass is 9.97. The number of benzene rings is 2. The Kier molecular flexibility index (Phi) is 15.6. The van der Waals surface area contributed by atoms with Gasteiger partial charge in [0.1, 0.15) is 108 Å². The van der Waals surface area contributed by atoms with Crippen molar-refractivity contribution in [1.29, 1.82) is 0 Å². The van der Waals surface area contributed by atoms with Crippen molar-refractivity contribution in [1.82, 2.24) is 0 Å². The smallest absolute Gasteiger partial charge is 0.303 e. The molecule has 372 valence electrons. The highest BCUT2D eigenvalue weighted by atomic mass is 16.8. The zero-order chi connectivity index (χ0) is 48.8. The second-order valence-corrected chi connectivity index (χ2v) is 16.5. The van der Waals surface area contributed by atoms with E-state index in [1.165, 1.54) is 57.4 Å². The van der Waals surface area contributed by atoms with Crippen LogP contribution in [0.5, 0.6) is 23.0 Å². The number of aromatic hydroxyl groups is 1. The average Bonchev–Trinajstić information content (AvgIpc) is 3.30. The van der Waals surface area contributed by atoms with Gasteiger partial charge in [0, 0.05) is 24.6 Å². The van der Waals surface area contributed by atoms with Crippen molar-refractivity contribution in [3.05, 3.63) is 46.6 Å². The molecule has 4 saturated heterocycles. The number of fused-ring (bicyclic) bond motifs is 1. The van der Waals surface area contributed by atoms with Gasteiger partial charge in [-0.1, -0.05) is 0 Å². The molecule has 25 heteroatoms. The summed E-state index contributed by atoms with van der Waals surface area (Å²) in [6, 6.07) is 7.68. The molecule has 7 rings (SSSR count). The molecule has 3 aromatic rings. The Balaban J connectivity index is 1.18. The minimum Gasteiger partial charge on any atom is -0.508 e. The van der Waals surface area contributed by atoms with Crippen LogP contribution in [0.15, 0.2) is 45.6 Å². The van der Waals surface area contributed by atoms with Gasteiger partial charge in [-0.2, -0.15) is 0 Å². The maximum absolute atomic E-state index is 14.7. The highest BCUT2D eigenvalue weighted by molar-refractivity contribution is 5.88. The number of carbonyl (C=O) groups is 1. The predicted molar refractivity (Wildman–Crippen MR) is 217 cm³/mol. The SMILES string of the molecule is COc1cc(O[C@@H]2O[C@H](CO)[C@@H](O)[C@H](O)[C@H]2O)c2c(=O)c(O[C@@H]3O[C@H](CO[C@@H]4O[C@@H](C)[C@H](OC(C)=O)[C@H](O[C@@H]5O[C@@H](C)[C@H](O)[C@H](O)[C@H]5O)[C@H]4O)[C@H](O)[C@H](O)[C@H]3O)c(-c3ccc(O)cc3)oc2c1. The van der Waals surface area contributed by atoms with Crippen LogP contribution in [0.4, 0.5) is 0 Å². The monoisotopic (exact) mass is 958 g/mol. The van der Waals surface area contributed by atoms with Gasteiger partial charge >= 0.3 is 5.97 Å². The van der Waals surface area contributed by atoms with Crippen molar-refractivity contribution in [2.45, 2.75) is 144 Å². The first-order valence-corrected chi connectivity index (χ1v) is 21.0. The molecule has 4 aliphatic rings. The van der Waals surface area contributed by atoms with Crippen LogP contribution in [0.25, 0.3) is 22.3 Å². The van der Waals surface area contributed by atoms with Crippen molar-refractivity contribution in [3.63, 3.8) is 0 Å². The third-order valence-corrected chi connectivity index (χ3v) is 11.8. The number of hydrogen-bond acceptors (Lipinski definition) is 25. The van der Waals surface area contributed by atoms with E-state index < -0.39 is 164 Å². The molecule has 4 aliphatic heterocycles. The van der Waals surface area contributed by atoms with E-state index in [-0.39, 0.29) is 28.4 Å². The predicted octanol–water partition coefficient (Wildman–Crippen LogP) is -4.19. The summed E-state index contributed by atoms with van der Waals surface area (Å²) in [5.74, 6) is -2.37. The second kappa shape index (κ2) is 20.7. The van der Waals surface area contributed by atoms with E-state index in [0.717, 1.165) is 6.92 Å². The Hall–Kier alpha value is -4.36. The zero-order valence-corrected chi connectivity index (χ0v) is 36.1. The van der Waals surface area contributed by atoms with Gasteiger partial charge in [0.2, 0.25) is 23.8 Å². The summed E-state index contributed by atoms with van der Waals surface area (Å²) in [6.07, 6.45) is -33.8. The summed E-state index contributed by atoms with van der Waals surface area (Å²) < 4.78 is 63.2. The minimum atomic E-state index is -2.09. The molecule has 0 spiro atoms. The fraction of sp³-hybridized carbons (Fsp3) is 0.619. The molecule has 2 aromatic carbocycles. The van der Waals surface area contributed by atoms with Crippen molar-refractivity contribution >= 4 is 16.9 Å². The Morgan fingerprint density at radius 1 is 0.657 bits per heavy atom. The van der Waals surface area contributed by atoms with Gasteiger partial charge in [0.25, 0.3) is 0 Å². The topological polar surface area (TPSA) is 382 Å². The van der Waals surface area contributed by atoms with Crippen LogP contribution in [-0.2, 0) is 38.0 Å². The molecule has 67 heavy (non-hydrogen) atoms. The number of methoxy groups -OCH3 is 1. The van der Waals surface area contributed by atoms with E-state index in [1.807, 2.05) is 0 Å². The molecule has 5 heterocycles. The molecule has 4 fully saturated rings. The molecule has 0 amide bonds. The van der Waals surface area contributed by atoms with Crippen LogP contribution in [0.2, 0.25) is 0 Å². The van der Waals surface area contributed by atoms with Crippen molar-refractivity contribution in [2.75, 3.05) is 20.3 Å². The van der Waals surface area contributed by atoms with Crippen molar-refractivity contribution in [2.24, 2.45) is 0 Å². The number of phenols is 1. The van der Waals surface area contributed by atoms with Gasteiger partial charge < -0.3 is 113 Å². The normalized spacial score (nSPS) is 39.1. The lowest BCUT2D eigenvalue weighted by Crippen LogP contribution is -2.64. The standard InChI is InChI=1S/C42H54O25/c1-13-24(46)28(50)31(53)40(59-13)67-38-34(56)39(60-14(2)35(38)61-15(3)44)58-12-22-26(48)30(52)33(55)42(65-22)66-37-27(49)23-19(62-36(37)16-5-7-17(45)8-6-16)9-18(57-4)10-20(23)63-41-32(54)29(51)25(47)21(11-43)64-41/h5-10,13-14,21-22,24-26,28-35,38-43,45-48,50-56H,11-12H2,1-4H3/t13-,14-,21+,22+,24-,25+,26-,28-,29-,30-,31+,32+,33+,34+,35-,38+,39+,40-,41+,42-/m0/s1. The molecule has 0 radical (unpaired) electrons. The highest BCUT2D eigenvalue weighted by Crippen LogP contribution is 2.40. The van der Waals surface area contributed by atoms with Crippen LogP contribution in [-0.4, -0.2) is 210 Å². The van der Waals surface area contributed by atoms with Gasteiger partial charge in [-0.25, -0.2) is 0 Å². The number of phenolic OH excluding ortho intramolecular Hbond substituents is 1.